The van der Waals surface area contributed by atoms with Gasteiger partial charge in [0.05, 0.1) is 17.4 Å². The minimum atomic E-state index is -0.297. The van der Waals surface area contributed by atoms with E-state index in [2.05, 4.69) is 20.1 Å². The average molecular weight is 348 g/mol. The predicted molar refractivity (Wildman–Crippen MR) is 97.3 cm³/mol. The SMILES string of the molecule is CCc1nc(-c2c[nH]c(=O)cn2)n(-c2cc(=O)n(C)c3ccccc23)n1. The van der Waals surface area contributed by atoms with Crippen LogP contribution in [-0.4, -0.2) is 29.3 Å². The summed E-state index contributed by atoms with van der Waals surface area (Å²) in [5.74, 6) is 1.09. The van der Waals surface area contributed by atoms with Gasteiger partial charge in [-0.2, -0.15) is 5.10 Å². The predicted octanol–water partition coefficient (Wildman–Crippen LogP) is 1.43. The summed E-state index contributed by atoms with van der Waals surface area (Å²) in [7, 11) is 1.73. The largest absolute Gasteiger partial charge is 0.325 e. The molecule has 4 aromatic rings. The quantitative estimate of drug-likeness (QED) is 0.604. The molecule has 130 valence electrons. The lowest BCUT2D eigenvalue weighted by Crippen LogP contribution is -2.18. The van der Waals surface area contributed by atoms with Crippen molar-refractivity contribution >= 4 is 10.9 Å². The second-order valence-corrected chi connectivity index (χ2v) is 5.86. The number of H-pyrrole nitrogens is 1. The standard InChI is InChI=1S/C18H16N6O2/c1-3-15-21-18(12-9-20-16(25)10-19-12)24(22-15)14-8-17(26)23(2)13-7-5-4-6-11(13)14/h4-10H,3H2,1-2H3,(H,20,25). The topological polar surface area (TPSA) is 98.5 Å². The van der Waals surface area contributed by atoms with E-state index in [1.165, 1.54) is 18.5 Å². The molecule has 0 radical (unpaired) electrons. The van der Waals surface area contributed by atoms with Gasteiger partial charge in [-0.15, -0.1) is 0 Å². The lowest BCUT2D eigenvalue weighted by molar-refractivity contribution is 0.833. The molecular formula is C18H16N6O2. The van der Waals surface area contributed by atoms with Gasteiger partial charge in [-0.25, -0.2) is 14.6 Å². The molecule has 8 heteroatoms. The summed E-state index contributed by atoms with van der Waals surface area (Å²) in [4.78, 5) is 35.0. The van der Waals surface area contributed by atoms with Gasteiger partial charge >= 0.3 is 0 Å². The van der Waals surface area contributed by atoms with Crippen LogP contribution in [0.15, 0.2) is 52.3 Å². The smallest absolute Gasteiger partial charge is 0.266 e. The average Bonchev–Trinajstić information content (AvgIpc) is 3.09. The summed E-state index contributed by atoms with van der Waals surface area (Å²) in [6.07, 6.45) is 3.32. The number of hydrogen-bond acceptors (Lipinski definition) is 5. The Hall–Kier alpha value is -3.55. The maximum absolute atomic E-state index is 12.4. The van der Waals surface area contributed by atoms with Crippen molar-refractivity contribution in [2.75, 3.05) is 0 Å². The van der Waals surface area contributed by atoms with Crippen LogP contribution in [0.4, 0.5) is 0 Å². The van der Waals surface area contributed by atoms with Gasteiger partial charge in [0.25, 0.3) is 11.1 Å². The van der Waals surface area contributed by atoms with Crippen molar-refractivity contribution in [2.24, 2.45) is 7.05 Å². The molecule has 26 heavy (non-hydrogen) atoms. The van der Waals surface area contributed by atoms with Crippen LogP contribution in [0.25, 0.3) is 28.1 Å². The van der Waals surface area contributed by atoms with Crippen LogP contribution in [0.5, 0.6) is 0 Å². The van der Waals surface area contributed by atoms with E-state index >= 15 is 0 Å². The molecule has 3 aromatic heterocycles. The van der Waals surface area contributed by atoms with E-state index in [0.717, 1.165) is 10.9 Å². The van der Waals surface area contributed by atoms with Crippen LogP contribution in [0.1, 0.15) is 12.7 Å². The first-order chi connectivity index (χ1) is 12.6. The summed E-state index contributed by atoms with van der Waals surface area (Å²) in [5.41, 5.74) is 1.45. The Morgan fingerprint density at radius 3 is 2.73 bits per heavy atom. The maximum Gasteiger partial charge on any atom is 0.266 e. The molecule has 0 atom stereocenters. The molecule has 0 saturated heterocycles. The zero-order chi connectivity index (χ0) is 18.3. The third-order valence-electron chi connectivity index (χ3n) is 4.23. The molecule has 1 N–H and O–H groups in total. The Balaban J connectivity index is 2.06. The minimum absolute atomic E-state index is 0.146. The first-order valence-electron chi connectivity index (χ1n) is 8.18. The van der Waals surface area contributed by atoms with E-state index in [1.54, 1.807) is 16.3 Å². The lowest BCUT2D eigenvalue weighted by atomic mass is 10.2. The number of hydrogen-bond donors (Lipinski definition) is 1. The zero-order valence-electron chi connectivity index (χ0n) is 14.3. The summed E-state index contributed by atoms with van der Waals surface area (Å²) in [6, 6.07) is 9.14. The third kappa shape index (κ3) is 2.52. The molecule has 0 fully saturated rings. The monoisotopic (exact) mass is 348 g/mol. The molecule has 0 aliphatic rings. The van der Waals surface area contributed by atoms with Crippen LogP contribution in [0.3, 0.4) is 0 Å². The van der Waals surface area contributed by atoms with Crippen molar-refractivity contribution < 1.29 is 0 Å². The Kier molecular flexibility index (Phi) is 3.72. The molecule has 0 aliphatic heterocycles. The first-order valence-corrected chi connectivity index (χ1v) is 8.18. The molecule has 4 rings (SSSR count). The summed E-state index contributed by atoms with van der Waals surface area (Å²) in [6.45, 7) is 1.95. The Labute approximate surface area is 147 Å². The summed E-state index contributed by atoms with van der Waals surface area (Å²) >= 11 is 0. The number of benzene rings is 1. The third-order valence-corrected chi connectivity index (χ3v) is 4.23. The summed E-state index contributed by atoms with van der Waals surface area (Å²) < 4.78 is 3.21. The summed E-state index contributed by atoms with van der Waals surface area (Å²) in [5, 5.41) is 5.41. The fourth-order valence-corrected chi connectivity index (χ4v) is 2.87. The number of aromatic amines is 1. The van der Waals surface area contributed by atoms with Crippen molar-refractivity contribution in [2.45, 2.75) is 13.3 Å². The lowest BCUT2D eigenvalue weighted by Gasteiger charge is -2.11. The van der Waals surface area contributed by atoms with Crippen LogP contribution in [0, 0.1) is 0 Å². The second-order valence-electron chi connectivity index (χ2n) is 5.86. The van der Waals surface area contributed by atoms with Gasteiger partial charge in [0.2, 0.25) is 0 Å². The van der Waals surface area contributed by atoms with Gasteiger partial charge in [-0.05, 0) is 6.07 Å². The van der Waals surface area contributed by atoms with Crippen molar-refractivity contribution in [3.8, 4) is 17.2 Å². The number of rotatable bonds is 3. The van der Waals surface area contributed by atoms with Crippen LogP contribution < -0.4 is 11.1 Å². The number of para-hydroxylation sites is 1. The van der Waals surface area contributed by atoms with Gasteiger partial charge < -0.3 is 9.55 Å². The maximum atomic E-state index is 12.4. The van der Waals surface area contributed by atoms with Gasteiger partial charge in [0.1, 0.15) is 5.69 Å². The molecule has 3 heterocycles. The zero-order valence-corrected chi connectivity index (χ0v) is 14.3. The van der Waals surface area contributed by atoms with E-state index in [4.69, 9.17) is 0 Å². The van der Waals surface area contributed by atoms with Crippen molar-refractivity contribution in [1.82, 2.24) is 29.3 Å². The highest BCUT2D eigenvalue weighted by molar-refractivity contribution is 5.87. The molecule has 0 spiro atoms. The number of nitrogens with zero attached hydrogens (tertiary/aromatic N) is 5. The molecule has 0 aliphatic carbocycles. The Bertz CT molecular complexity index is 1210. The molecule has 0 bridgehead atoms. The van der Waals surface area contributed by atoms with Gasteiger partial charge in [-0.1, -0.05) is 25.1 Å². The molecule has 0 unspecified atom stereocenters. The van der Waals surface area contributed by atoms with Crippen molar-refractivity contribution in [3.05, 3.63) is 69.3 Å². The molecule has 0 saturated carbocycles. The van der Waals surface area contributed by atoms with E-state index < -0.39 is 0 Å². The van der Waals surface area contributed by atoms with Gasteiger partial charge in [-0.3, -0.25) is 9.59 Å². The fraction of sp³-hybridized carbons (Fsp3) is 0.167. The number of aryl methyl sites for hydroxylation is 2. The van der Waals surface area contributed by atoms with Crippen molar-refractivity contribution in [1.29, 1.82) is 0 Å². The molecule has 8 nitrogen and oxygen atoms in total. The Morgan fingerprint density at radius 1 is 1.19 bits per heavy atom. The molecule has 0 amide bonds. The van der Waals surface area contributed by atoms with Gasteiger partial charge in [0.15, 0.2) is 11.6 Å². The number of fused-ring (bicyclic) bond motifs is 1. The van der Waals surface area contributed by atoms with E-state index in [-0.39, 0.29) is 11.1 Å². The first kappa shape index (κ1) is 15.9. The van der Waals surface area contributed by atoms with Crippen LogP contribution in [-0.2, 0) is 13.5 Å². The molecule has 1 aromatic carbocycles. The number of aromatic nitrogens is 6. The number of nitrogens with one attached hydrogen (secondary N) is 1. The second kappa shape index (κ2) is 6.07. The van der Waals surface area contributed by atoms with Crippen LogP contribution in [0.2, 0.25) is 0 Å². The fourth-order valence-electron chi connectivity index (χ4n) is 2.87. The van der Waals surface area contributed by atoms with Gasteiger partial charge in [0, 0.05) is 31.1 Å². The van der Waals surface area contributed by atoms with E-state index in [9.17, 15) is 9.59 Å². The highest BCUT2D eigenvalue weighted by Crippen LogP contribution is 2.24. The van der Waals surface area contributed by atoms with Crippen LogP contribution >= 0.6 is 0 Å². The van der Waals surface area contributed by atoms with E-state index in [1.807, 2.05) is 31.2 Å². The van der Waals surface area contributed by atoms with E-state index in [0.29, 0.717) is 29.5 Å². The highest BCUT2D eigenvalue weighted by atomic mass is 16.1. The van der Waals surface area contributed by atoms with Crippen molar-refractivity contribution in [3.63, 3.8) is 0 Å². The number of pyridine rings is 1. The highest BCUT2D eigenvalue weighted by Gasteiger charge is 2.17. The normalized spacial score (nSPS) is 11.2. The molecular weight excluding hydrogens is 332 g/mol. The Morgan fingerprint density at radius 2 is 2.00 bits per heavy atom. The minimum Gasteiger partial charge on any atom is -0.325 e.